The average Bonchev–Trinajstić information content (AvgIpc) is 2.42. The molecule has 0 saturated heterocycles. The number of alkyl halides is 1. The summed E-state index contributed by atoms with van der Waals surface area (Å²) in [6.07, 6.45) is 1.35. The number of benzene rings is 1. The molecule has 0 aromatic heterocycles. The van der Waals surface area contributed by atoms with Gasteiger partial charge in [-0.25, -0.2) is 4.39 Å². The summed E-state index contributed by atoms with van der Waals surface area (Å²) in [7, 11) is 0. The normalized spacial score (nSPS) is 9.84. The fraction of sp³-hybridized carbons (Fsp3) is 0.467. The van der Waals surface area contributed by atoms with Crippen molar-refractivity contribution in [1.29, 1.82) is 0 Å². The Bertz CT molecular complexity index is 438. The maximum Gasteiger partial charge on any atom is 0.165 e. The summed E-state index contributed by atoms with van der Waals surface area (Å²) in [5.41, 5.74) is 0.728. The predicted octanol–water partition coefficient (Wildman–Crippen LogP) is 3.61. The second-order valence-electron chi connectivity index (χ2n) is 3.78. The minimum atomic E-state index is -0.376. The highest BCUT2D eigenvalue weighted by Crippen LogP contribution is 2.18. The van der Waals surface area contributed by atoms with E-state index in [-0.39, 0.29) is 11.6 Å². The van der Waals surface area contributed by atoms with Gasteiger partial charge in [-0.3, -0.25) is 0 Å². The molecule has 0 N–H and O–H groups in total. The molecule has 0 heterocycles. The van der Waals surface area contributed by atoms with Crippen molar-refractivity contribution < 1.29 is 13.9 Å². The van der Waals surface area contributed by atoms with E-state index in [4.69, 9.17) is 21.1 Å². The molecular formula is C15H18ClFO2. The van der Waals surface area contributed by atoms with Gasteiger partial charge in [0.1, 0.15) is 0 Å². The van der Waals surface area contributed by atoms with Gasteiger partial charge in [0.2, 0.25) is 0 Å². The second-order valence-corrected chi connectivity index (χ2v) is 4.16. The van der Waals surface area contributed by atoms with E-state index < -0.39 is 0 Å². The van der Waals surface area contributed by atoms with Crippen molar-refractivity contribution in [3.8, 4) is 17.6 Å². The molecule has 0 amide bonds. The Morgan fingerprint density at radius 2 is 2.16 bits per heavy atom. The Morgan fingerprint density at radius 1 is 1.32 bits per heavy atom. The van der Waals surface area contributed by atoms with Crippen LogP contribution in [0.2, 0.25) is 0 Å². The van der Waals surface area contributed by atoms with Crippen molar-refractivity contribution >= 4 is 11.6 Å². The van der Waals surface area contributed by atoms with Gasteiger partial charge in [-0.1, -0.05) is 11.8 Å². The topological polar surface area (TPSA) is 18.5 Å². The Balaban J connectivity index is 2.52. The second kappa shape index (κ2) is 9.66. The Kier molecular flexibility index (Phi) is 8.04. The lowest BCUT2D eigenvalue weighted by Gasteiger charge is -2.07. The molecule has 0 atom stereocenters. The van der Waals surface area contributed by atoms with Crippen LogP contribution in [0, 0.1) is 17.7 Å². The standard InChI is InChI=1S/C15H18ClFO2/c1-2-18-10-5-11-19-15-12-13(6-3-4-9-16)7-8-14(15)17/h7-8,12H,2,4-5,9-11H2,1H3. The van der Waals surface area contributed by atoms with Gasteiger partial charge in [0.15, 0.2) is 11.6 Å². The van der Waals surface area contributed by atoms with Gasteiger partial charge in [-0.15, -0.1) is 11.6 Å². The van der Waals surface area contributed by atoms with Crippen LogP contribution >= 0.6 is 11.6 Å². The fourth-order valence-corrected chi connectivity index (χ4v) is 1.49. The highest BCUT2D eigenvalue weighted by Gasteiger charge is 2.03. The Morgan fingerprint density at radius 3 is 2.89 bits per heavy atom. The molecule has 0 radical (unpaired) electrons. The molecular weight excluding hydrogens is 267 g/mol. The number of rotatable bonds is 7. The van der Waals surface area contributed by atoms with Crippen LogP contribution in [0.4, 0.5) is 4.39 Å². The zero-order valence-corrected chi connectivity index (χ0v) is 11.8. The molecule has 1 aromatic carbocycles. The first kappa shape index (κ1) is 15.8. The van der Waals surface area contributed by atoms with Gasteiger partial charge >= 0.3 is 0 Å². The monoisotopic (exact) mass is 284 g/mol. The summed E-state index contributed by atoms with van der Waals surface area (Å²) in [6, 6.07) is 4.60. The van der Waals surface area contributed by atoms with E-state index in [0.717, 1.165) is 12.0 Å². The van der Waals surface area contributed by atoms with Gasteiger partial charge in [0, 0.05) is 37.5 Å². The smallest absolute Gasteiger partial charge is 0.165 e. The summed E-state index contributed by atoms with van der Waals surface area (Å²) in [5, 5.41) is 0. The lowest BCUT2D eigenvalue weighted by Crippen LogP contribution is -2.04. The van der Waals surface area contributed by atoms with Crippen molar-refractivity contribution in [3.63, 3.8) is 0 Å². The van der Waals surface area contributed by atoms with Crippen LogP contribution in [0.15, 0.2) is 18.2 Å². The summed E-state index contributed by atoms with van der Waals surface area (Å²) >= 11 is 5.54. The molecule has 1 aromatic rings. The van der Waals surface area contributed by atoms with Crippen molar-refractivity contribution in [3.05, 3.63) is 29.6 Å². The fourth-order valence-electron chi connectivity index (χ4n) is 1.39. The zero-order valence-electron chi connectivity index (χ0n) is 11.0. The molecule has 19 heavy (non-hydrogen) atoms. The predicted molar refractivity (Wildman–Crippen MR) is 75.2 cm³/mol. The number of halogens is 2. The number of hydrogen-bond donors (Lipinski definition) is 0. The number of ether oxygens (including phenoxy) is 2. The maximum atomic E-state index is 13.5. The van der Waals surface area contributed by atoms with Gasteiger partial charge in [-0.2, -0.15) is 0 Å². The van der Waals surface area contributed by atoms with Crippen LogP contribution in [-0.4, -0.2) is 25.7 Å². The van der Waals surface area contributed by atoms with Crippen molar-refractivity contribution in [1.82, 2.24) is 0 Å². The van der Waals surface area contributed by atoms with E-state index >= 15 is 0 Å². The highest BCUT2D eigenvalue weighted by atomic mass is 35.5. The van der Waals surface area contributed by atoms with Crippen LogP contribution in [0.1, 0.15) is 25.3 Å². The average molecular weight is 285 g/mol. The van der Waals surface area contributed by atoms with Crippen LogP contribution in [0.3, 0.4) is 0 Å². The molecule has 0 saturated carbocycles. The van der Waals surface area contributed by atoms with Crippen LogP contribution in [-0.2, 0) is 4.74 Å². The largest absolute Gasteiger partial charge is 0.490 e. The van der Waals surface area contributed by atoms with Crippen molar-refractivity contribution in [2.24, 2.45) is 0 Å². The van der Waals surface area contributed by atoms with Crippen LogP contribution in [0.25, 0.3) is 0 Å². The Hall–Kier alpha value is -1.24. The van der Waals surface area contributed by atoms with E-state index in [2.05, 4.69) is 11.8 Å². The summed E-state index contributed by atoms with van der Waals surface area (Å²) < 4.78 is 24.1. The third-order valence-electron chi connectivity index (χ3n) is 2.28. The van der Waals surface area contributed by atoms with Crippen LogP contribution < -0.4 is 4.74 Å². The van der Waals surface area contributed by atoms with E-state index in [1.807, 2.05) is 6.92 Å². The molecule has 4 heteroatoms. The first-order chi connectivity index (χ1) is 9.27. The first-order valence-electron chi connectivity index (χ1n) is 6.33. The van der Waals surface area contributed by atoms with Crippen LogP contribution in [0.5, 0.6) is 5.75 Å². The molecule has 0 spiro atoms. The lowest BCUT2D eigenvalue weighted by atomic mass is 10.2. The molecule has 0 aliphatic carbocycles. The lowest BCUT2D eigenvalue weighted by molar-refractivity contribution is 0.130. The molecule has 0 fully saturated rings. The van der Waals surface area contributed by atoms with Gasteiger partial charge in [0.25, 0.3) is 0 Å². The van der Waals surface area contributed by atoms with E-state index in [1.165, 1.54) is 6.07 Å². The third kappa shape index (κ3) is 6.47. The van der Waals surface area contributed by atoms with Gasteiger partial charge in [0.05, 0.1) is 6.61 Å². The molecule has 2 nitrogen and oxygen atoms in total. The third-order valence-corrected chi connectivity index (χ3v) is 2.47. The molecule has 0 bridgehead atoms. The summed E-state index contributed by atoms with van der Waals surface area (Å²) in [4.78, 5) is 0. The van der Waals surface area contributed by atoms with Gasteiger partial charge in [-0.05, 0) is 25.1 Å². The summed E-state index contributed by atoms with van der Waals surface area (Å²) in [6.45, 7) is 3.66. The quantitative estimate of drug-likeness (QED) is 0.433. The maximum absolute atomic E-state index is 13.5. The van der Waals surface area contributed by atoms with E-state index in [9.17, 15) is 4.39 Å². The molecule has 0 unspecified atom stereocenters. The van der Waals surface area contributed by atoms with Gasteiger partial charge < -0.3 is 9.47 Å². The van der Waals surface area contributed by atoms with E-state index in [0.29, 0.717) is 32.1 Å². The van der Waals surface area contributed by atoms with E-state index in [1.54, 1.807) is 12.1 Å². The summed E-state index contributed by atoms with van der Waals surface area (Å²) in [5.74, 6) is 6.17. The van der Waals surface area contributed by atoms with Crippen molar-refractivity contribution in [2.45, 2.75) is 19.8 Å². The highest BCUT2D eigenvalue weighted by molar-refractivity contribution is 6.18. The molecule has 0 aliphatic heterocycles. The molecule has 0 aliphatic rings. The minimum Gasteiger partial charge on any atom is -0.490 e. The number of hydrogen-bond acceptors (Lipinski definition) is 2. The minimum absolute atomic E-state index is 0.231. The Labute approximate surface area is 118 Å². The first-order valence-corrected chi connectivity index (χ1v) is 6.86. The molecule has 104 valence electrons. The molecule has 1 rings (SSSR count). The zero-order chi connectivity index (χ0) is 13.9. The van der Waals surface area contributed by atoms with Crippen molar-refractivity contribution in [2.75, 3.05) is 25.7 Å². The SMILES string of the molecule is CCOCCCOc1cc(C#CCCCl)ccc1F.